The lowest BCUT2D eigenvalue weighted by molar-refractivity contribution is -0.123. The minimum absolute atomic E-state index is 0.174. The van der Waals surface area contributed by atoms with E-state index in [0.717, 1.165) is 50.1 Å². The molecule has 2 aliphatic rings. The highest BCUT2D eigenvalue weighted by molar-refractivity contribution is 6.30. The standard InChI is InChI=1S/C18H25ClN2O2/c1-2-9-23-16-4-3-14(19)10-13(16)12-21-17(22)15-11-18(15)5-7-20-8-6-18/h3-4,10,15,20H,2,5-9,11-12H2,1H3,(H,21,22)/t15-/m1/s1. The Balaban J connectivity index is 1.57. The predicted octanol–water partition coefficient (Wildman–Crippen LogP) is 3.13. The molecule has 1 saturated carbocycles. The molecule has 1 atom stereocenters. The zero-order valence-electron chi connectivity index (χ0n) is 13.7. The fourth-order valence-corrected chi connectivity index (χ4v) is 3.73. The molecule has 1 amide bonds. The van der Waals surface area contributed by atoms with E-state index in [9.17, 15) is 4.79 Å². The van der Waals surface area contributed by atoms with Crippen LogP contribution in [0.4, 0.5) is 0 Å². The van der Waals surface area contributed by atoms with Crippen molar-refractivity contribution in [2.24, 2.45) is 11.3 Å². The number of carbonyl (C=O) groups is 1. The smallest absolute Gasteiger partial charge is 0.223 e. The van der Waals surface area contributed by atoms with Crippen LogP contribution in [-0.2, 0) is 11.3 Å². The predicted molar refractivity (Wildman–Crippen MR) is 91.7 cm³/mol. The van der Waals surface area contributed by atoms with E-state index in [1.807, 2.05) is 18.2 Å². The van der Waals surface area contributed by atoms with Crippen LogP contribution < -0.4 is 15.4 Å². The molecule has 0 bridgehead atoms. The van der Waals surface area contributed by atoms with Crippen LogP contribution in [0.5, 0.6) is 5.75 Å². The van der Waals surface area contributed by atoms with E-state index in [-0.39, 0.29) is 17.2 Å². The van der Waals surface area contributed by atoms with Crippen molar-refractivity contribution in [2.45, 2.75) is 39.2 Å². The minimum atomic E-state index is 0.174. The van der Waals surface area contributed by atoms with Gasteiger partial charge in [-0.25, -0.2) is 0 Å². The number of hydrogen-bond acceptors (Lipinski definition) is 3. The average Bonchev–Trinajstić information content (AvgIpc) is 3.25. The second-order valence-corrected chi connectivity index (χ2v) is 7.12. The quantitative estimate of drug-likeness (QED) is 0.839. The number of ether oxygens (including phenoxy) is 1. The Kier molecular flexibility index (Phi) is 5.12. The number of hydrogen-bond donors (Lipinski definition) is 2. The van der Waals surface area contributed by atoms with Gasteiger partial charge < -0.3 is 15.4 Å². The van der Waals surface area contributed by atoms with Crippen molar-refractivity contribution in [2.75, 3.05) is 19.7 Å². The van der Waals surface area contributed by atoms with E-state index in [2.05, 4.69) is 17.6 Å². The Morgan fingerprint density at radius 1 is 1.43 bits per heavy atom. The molecule has 2 fully saturated rings. The Labute approximate surface area is 142 Å². The summed E-state index contributed by atoms with van der Waals surface area (Å²) in [5, 5.41) is 7.11. The molecule has 1 heterocycles. The van der Waals surface area contributed by atoms with Crippen LogP contribution in [0.15, 0.2) is 18.2 Å². The maximum Gasteiger partial charge on any atom is 0.223 e. The van der Waals surface area contributed by atoms with Crippen molar-refractivity contribution in [1.82, 2.24) is 10.6 Å². The summed E-state index contributed by atoms with van der Waals surface area (Å²) in [5.74, 6) is 1.17. The molecule has 0 aromatic heterocycles. The first-order valence-corrected chi connectivity index (χ1v) is 8.92. The molecule has 126 valence electrons. The molecule has 2 N–H and O–H groups in total. The second kappa shape index (κ2) is 7.10. The van der Waals surface area contributed by atoms with Crippen molar-refractivity contribution in [3.05, 3.63) is 28.8 Å². The van der Waals surface area contributed by atoms with E-state index in [1.54, 1.807) is 0 Å². The second-order valence-electron chi connectivity index (χ2n) is 6.69. The van der Waals surface area contributed by atoms with Gasteiger partial charge in [0.2, 0.25) is 5.91 Å². The lowest BCUT2D eigenvalue weighted by Gasteiger charge is -2.23. The van der Waals surface area contributed by atoms with Gasteiger partial charge in [0.05, 0.1) is 6.61 Å². The van der Waals surface area contributed by atoms with Gasteiger partial charge >= 0.3 is 0 Å². The summed E-state index contributed by atoms with van der Waals surface area (Å²) in [4.78, 5) is 12.5. The monoisotopic (exact) mass is 336 g/mol. The van der Waals surface area contributed by atoms with Gasteiger partial charge in [-0.05, 0) is 62.4 Å². The topological polar surface area (TPSA) is 50.4 Å². The van der Waals surface area contributed by atoms with Crippen molar-refractivity contribution >= 4 is 17.5 Å². The minimum Gasteiger partial charge on any atom is -0.493 e. The zero-order chi connectivity index (χ0) is 16.3. The van der Waals surface area contributed by atoms with E-state index in [0.29, 0.717) is 18.2 Å². The lowest BCUT2D eigenvalue weighted by atomic mass is 9.92. The first-order valence-electron chi connectivity index (χ1n) is 8.54. The SMILES string of the molecule is CCCOc1ccc(Cl)cc1CNC(=O)[C@H]1CC12CCNCC2. The van der Waals surface area contributed by atoms with Crippen LogP contribution in [-0.4, -0.2) is 25.6 Å². The zero-order valence-corrected chi connectivity index (χ0v) is 14.4. The molecule has 1 aliphatic heterocycles. The number of nitrogens with one attached hydrogen (secondary N) is 2. The molecule has 0 unspecified atom stereocenters. The molecule has 1 saturated heterocycles. The van der Waals surface area contributed by atoms with Crippen molar-refractivity contribution in [1.29, 1.82) is 0 Å². The summed E-state index contributed by atoms with van der Waals surface area (Å²) in [6, 6.07) is 5.58. The van der Waals surface area contributed by atoms with Gasteiger partial charge in [0.15, 0.2) is 0 Å². The van der Waals surface area contributed by atoms with Crippen molar-refractivity contribution in [3.63, 3.8) is 0 Å². The third-order valence-corrected chi connectivity index (χ3v) is 5.28. The van der Waals surface area contributed by atoms with Gasteiger partial charge in [0.1, 0.15) is 5.75 Å². The van der Waals surface area contributed by atoms with Crippen LogP contribution in [0.2, 0.25) is 5.02 Å². The Morgan fingerprint density at radius 3 is 2.96 bits per heavy atom. The number of rotatable bonds is 6. The molecule has 3 rings (SSSR count). The molecular weight excluding hydrogens is 312 g/mol. The molecule has 1 aromatic rings. The number of halogens is 1. The van der Waals surface area contributed by atoms with Gasteiger partial charge in [-0.15, -0.1) is 0 Å². The molecule has 1 aliphatic carbocycles. The molecular formula is C18H25ClN2O2. The Bertz CT molecular complexity index is 570. The van der Waals surface area contributed by atoms with Crippen LogP contribution in [0.3, 0.4) is 0 Å². The van der Waals surface area contributed by atoms with Gasteiger partial charge in [-0.1, -0.05) is 18.5 Å². The van der Waals surface area contributed by atoms with E-state index in [4.69, 9.17) is 16.3 Å². The van der Waals surface area contributed by atoms with E-state index in [1.165, 1.54) is 0 Å². The van der Waals surface area contributed by atoms with Crippen LogP contribution >= 0.6 is 11.6 Å². The number of benzene rings is 1. The van der Waals surface area contributed by atoms with E-state index < -0.39 is 0 Å². The fourth-order valence-electron chi connectivity index (χ4n) is 3.54. The Morgan fingerprint density at radius 2 is 2.22 bits per heavy atom. The summed E-state index contributed by atoms with van der Waals surface area (Å²) < 4.78 is 5.74. The van der Waals surface area contributed by atoms with Crippen molar-refractivity contribution < 1.29 is 9.53 Å². The van der Waals surface area contributed by atoms with Crippen molar-refractivity contribution in [3.8, 4) is 5.75 Å². The molecule has 1 aromatic carbocycles. The molecule has 4 nitrogen and oxygen atoms in total. The van der Waals surface area contributed by atoms with Gasteiger partial charge in [0, 0.05) is 23.0 Å². The average molecular weight is 337 g/mol. The number of amides is 1. The maximum absolute atomic E-state index is 12.5. The highest BCUT2D eigenvalue weighted by Gasteiger charge is 2.57. The van der Waals surface area contributed by atoms with E-state index >= 15 is 0 Å². The van der Waals surface area contributed by atoms with Gasteiger partial charge in [-0.2, -0.15) is 0 Å². The van der Waals surface area contributed by atoms with Crippen LogP contribution in [0, 0.1) is 11.3 Å². The Hall–Kier alpha value is -1.26. The first kappa shape index (κ1) is 16.6. The van der Waals surface area contributed by atoms with Gasteiger partial charge in [0.25, 0.3) is 0 Å². The summed E-state index contributed by atoms with van der Waals surface area (Å²) in [6.45, 7) is 5.29. The highest BCUT2D eigenvalue weighted by atomic mass is 35.5. The first-order chi connectivity index (χ1) is 11.1. The normalized spacial score (nSPS) is 21.9. The lowest BCUT2D eigenvalue weighted by Crippen LogP contribution is -2.33. The van der Waals surface area contributed by atoms with Crippen LogP contribution in [0.1, 0.15) is 38.2 Å². The molecule has 23 heavy (non-hydrogen) atoms. The maximum atomic E-state index is 12.5. The highest BCUT2D eigenvalue weighted by Crippen LogP contribution is 2.58. The number of piperidine rings is 1. The molecule has 0 radical (unpaired) electrons. The third-order valence-electron chi connectivity index (χ3n) is 5.04. The summed E-state index contributed by atoms with van der Waals surface area (Å²) in [5.41, 5.74) is 1.21. The molecule has 1 spiro atoms. The third kappa shape index (κ3) is 3.81. The summed E-state index contributed by atoms with van der Waals surface area (Å²) in [6.07, 6.45) is 4.22. The van der Waals surface area contributed by atoms with Gasteiger partial charge in [-0.3, -0.25) is 4.79 Å². The largest absolute Gasteiger partial charge is 0.493 e. The van der Waals surface area contributed by atoms with Crippen LogP contribution in [0.25, 0.3) is 0 Å². The number of carbonyl (C=O) groups excluding carboxylic acids is 1. The fraction of sp³-hybridized carbons (Fsp3) is 0.611. The molecule has 5 heteroatoms. The summed E-state index contributed by atoms with van der Waals surface area (Å²) in [7, 11) is 0. The summed E-state index contributed by atoms with van der Waals surface area (Å²) >= 11 is 6.08.